The van der Waals surface area contributed by atoms with Crippen LogP contribution in [-0.2, 0) is 39.8 Å². The zero-order chi connectivity index (χ0) is 48.7. The van der Waals surface area contributed by atoms with E-state index in [0.717, 1.165) is 88.0 Å². The van der Waals surface area contributed by atoms with E-state index in [4.69, 9.17) is 31.5 Å². The van der Waals surface area contributed by atoms with Crippen molar-refractivity contribution >= 4 is 87.0 Å². The maximum absolute atomic E-state index is 15.9. The summed E-state index contributed by atoms with van der Waals surface area (Å²) in [5.74, 6) is -3.67. The predicted molar refractivity (Wildman–Crippen MR) is 255 cm³/mol. The lowest BCUT2D eigenvalue weighted by molar-refractivity contribution is -0.193. The first-order chi connectivity index (χ1) is 32.7. The number of rotatable bonds is 22. The molecule has 3 fully saturated rings. The Balaban J connectivity index is 0.826. The number of nitrogens with one attached hydrogen (secondary N) is 1. The highest BCUT2D eigenvalue weighted by atomic mass is 35.5. The van der Waals surface area contributed by atoms with Crippen molar-refractivity contribution in [1.82, 2.24) is 19.7 Å². The van der Waals surface area contributed by atoms with Crippen LogP contribution in [0.15, 0.2) is 45.8 Å². The van der Waals surface area contributed by atoms with Crippen LogP contribution in [0.5, 0.6) is 0 Å². The number of carbonyl (C=O) groups excluding carboxylic acids is 5. The number of benzene rings is 1. The van der Waals surface area contributed by atoms with Crippen molar-refractivity contribution in [3.05, 3.63) is 72.5 Å². The van der Waals surface area contributed by atoms with E-state index in [1.54, 1.807) is 16.5 Å². The lowest BCUT2D eigenvalue weighted by Gasteiger charge is -2.55. The van der Waals surface area contributed by atoms with Crippen LogP contribution in [0.1, 0.15) is 111 Å². The van der Waals surface area contributed by atoms with Gasteiger partial charge in [-0.1, -0.05) is 56.2 Å². The van der Waals surface area contributed by atoms with Crippen molar-refractivity contribution in [1.29, 1.82) is 0 Å². The minimum atomic E-state index is -1.69. The van der Waals surface area contributed by atoms with E-state index in [1.807, 2.05) is 22.4 Å². The first-order valence-corrected chi connectivity index (χ1v) is 25.4. The maximum atomic E-state index is 15.9. The largest absolute Gasteiger partial charge is 0.477 e. The number of unbranched alkanes of at least 4 members (excludes halogenated alkanes) is 7. The number of nitrogens with zero attached hydrogens (tertiary/aromatic N) is 4. The van der Waals surface area contributed by atoms with Crippen molar-refractivity contribution in [3.63, 3.8) is 0 Å². The minimum absolute atomic E-state index is 0.0131. The lowest BCUT2D eigenvalue weighted by atomic mass is 9.98. The van der Waals surface area contributed by atoms with E-state index in [-0.39, 0.29) is 65.2 Å². The first-order valence-electron chi connectivity index (χ1n) is 23.1. The van der Waals surface area contributed by atoms with Crippen molar-refractivity contribution in [2.45, 2.75) is 119 Å². The summed E-state index contributed by atoms with van der Waals surface area (Å²) in [6.45, 7) is 0.671. The molecule has 3 aromatic rings. The molecule has 4 N–H and O–H groups in total. The number of fused-ring (bicyclic) bond motifs is 2. The first kappa shape index (κ1) is 50.7. The number of carboxylic acid groups (broad SMARTS) is 1. The number of β-lactam (4-membered cyclic amide) rings is 1. The van der Waals surface area contributed by atoms with E-state index >= 15 is 4.39 Å². The third kappa shape index (κ3) is 11.1. The summed E-state index contributed by atoms with van der Waals surface area (Å²) >= 11 is 9.60. The van der Waals surface area contributed by atoms with Gasteiger partial charge in [0.25, 0.3) is 11.6 Å². The number of halogens is 2. The fourth-order valence-corrected chi connectivity index (χ4v) is 11.8. The SMILES string of the molecule is CO[C@@]1(NC(=O)Cc2cccs2)C(=O)N2C(C(=O)OCCCCCCCCCCC(=O)N(C)C3CCCCN(c4c(F)cc5c(=O)c(C(=O)O)cn(C6CC6)c5c4Cl)C3)=C(COC(N)=O)CSC21. The molecule has 5 heterocycles. The molecular formula is C47H58ClFN6O11S2. The van der Waals surface area contributed by atoms with Gasteiger partial charge in [0, 0.05) is 68.2 Å². The number of amides is 4. The van der Waals surface area contributed by atoms with E-state index in [0.29, 0.717) is 37.0 Å². The number of hydrogen-bond donors (Lipinski definition) is 3. The number of ether oxygens (including phenoxy) is 3. The molecule has 2 saturated heterocycles. The lowest BCUT2D eigenvalue weighted by Crippen LogP contribution is -2.80. The molecule has 0 spiro atoms. The van der Waals surface area contributed by atoms with Gasteiger partial charge in [-0.3, -0.25) is 24.1 Å². The number of aromatic carboxylic acids is 1. The molecule has 4 amide bonds. The molecule has 0 bridgehead atoms. The van der Waals surface area contributed by atoms with Crippen molar-refractivity contribution < 1.29 is 52.5 Å². The zero-order valence-electron chi connectivity index (χ0n) is 38.2. The van der Waals surface area contributed by atoms with E-state index in [1.165, 1.54) is 41.3 Å². The molecule has 1 aliphatic carbocycles. The number of hydrogen-bond acceptors (Lipinski definition) is 13. The average Bonchev–Trinajstić information content (AvgIpc) is 4.09. The van der Waals surface area contributed by atoms with Gasteiger partial charge in [0.15, 0.2) is 0 Å². The number of thiophene rings is 1. The number of carboxylic acids is 1. The fourth-order valence-electron chi connectivity index (χ4n) is 9.23. The predicted octanol–water partition coefficient (Wildman–Crippen LogP) is 6.73. The van der Waals surface area contributed by atoms with E-state index in [2.05, 4.69) is 5.32 Å². The number of esters is 1. The molecule has 1 saturated carbocycles. The van der Waals surface area contributed by atoms with Gasteiger partial charge in [0.05, 0.1) is 34.6 Å². The van der Waals surface area contributed by atoms with E-state index in [9.17, 15) is 38.7 Å². The summed E-state index contributed by atoms with van der Waals surface area (Å²) in [5.41, 5.74) is 3.11. The van der Waals surface area contributed by atoms with Crippen LogP contribution in [-0.4, -0.2) is 119 Å². The number of nitrogens with two attached hydrogens (primary N) is 1. The Morgan fingerprint density at radius 1 is 1.03 bits per heavy atom. The summed E-state index contributed by atoms with van der Waals surface area (Å²) in [5, 5.41) is 13.5. The second kappa shape index (κ2) is 22.5. The molecule has 368 valence electrons. The highest BCUT2D eigenvalue weighted by molar-refractivity contribution is 8.00. The molecule has 17 nitrogen and oxygen atoms in total. The smallest absolute Gasteiger partial charge is 0.404 e. The van der Waals surface area contributed by atoms with Gasteiger partial charge in [-0.15, -0.1) is 23.1 Å². The number of carbonyl (C=O) groups is 6. The van der Waals surface area contributed by atoms with Crippen LogP contribution in [0.25, 0.3) is 10.9 Å². The molecular weight excluding hydrogens is 943 g/mol. The van der Waals surface area contributed by atoms with Gasteiger partial charge in [-0.05, 0) is 62.5 Å². The Kier molecular flexibility index (Phi) is 16.8. The molecule has 7 rings (SSSR count). The van der Waals surface area contributed by atoms with Crippen molar-refractivity contribution in [2.75, 3.05) is 51.1 Å². The topological polar surface area (TPSA) is 220 Å². The van der Waals surface area contributed by atoms with Gasteiger partial charge in [0.2, 0.25) is 17.2 Å². The van der Waals surface area contributed by atoms with Crippen LogP contribution >= 0.6 is 34.7 Å². The van der Waals surface area contributed by atoms with Gasteiger partial charge in [-0.2, -0.15) is 0 Å². The monoisotopic (exact) mass is 1000 g/mol. The Hall–Kier alpha value is -5.18. The van der Waals surface area contributed by atoms with Gasteiger partial charge < -0.3 is 44.7 Å². The van der Waals surface area contributed by atoms with Crippen LogP contribution in [0, 0.1) is 5.82 Å². The molecule has 21 heteroatoms. The molecule has 4 aliphatic rings. The normalized spacial score (nSPS) is 20.4. The third-order valence-electron chi connectivity index (χ3n) is 13.0. The molecule has 0 radical (unpaired) electrons. The number of methoxy groups -OCH3 is 1. The Morgan fingerprint density at radius 2 is 1.75 bits per heavy atom. The summed E-state index contributed by atoms with van der Waals surface area (Å²) in [6, 6.07) is 4.54. The Bertz CT molecular complexity index is 2500. The Labute approximate surface area is 406 Å². The minimum Gasteiger partial charge on any atom is -0.477 e. The molecule has 68 heavy (non-hydrogen) atoms. The third-order valence-corrected chi connectivity index (χ3v) is 15.6. The number of anilines is 1. The molecule has 3 atom stereocenters. The second-order valence-corrected chi connectivity index (χ2v) is 20.2. The second-order valence-electron chi connectivity index (χ2n) is 17.7. The quantitative estimate of drug-likeness (QED) is 0.0412. The highest BCUT2D eigenvalue weighted by Gasteiger charge is 2.66. The number of primary amides is 1. The molecule has 2 aromatic heterocycles. The summed E-state index contributed by atoms with van der Waals surface area (Å²) in [7, 11) is 3.11. The molecule has 3 aliphatic heterocycles. The van der Waals surface area contributed by atoms with Gasteiger partial charge in [-0.25, -0.2) is 18.8 Å². The van der Waals surface area contributed by atoms with Crippen LogP contribution in [0.3, 0.4) is 0 Å². The van der Waals surface area contributed by atoms with E-state index < -0.39 is 57.8 Å². The number of likely N-dealkylation sites (N-methyl/N-ethyl adjacent to an activating group) is 1. The molecule has 1 aromatic carbocycles. The van der Waals surface area contributed by atoms with Crippen molar-refractivity contribution in [2.24, 2.45) is 5.73 Å². The number of aromatic nitrogens is 1. The molecule has 2 unspecified atom stereocenters. The fraction of sp³-hybridized carbons (Fsp3) is 0.553. The van der Waals surface area contributed by atoms with Crippen molar-refractivity contribution in [3.8, 4) is 0 Å². The number of pyridine rings is 1. The van der Waals surface area contributed by atoms with Crippen LogP contribution in [0.4, 0.5) is 14.9 Å². The highest BCUT2D eigenvalue weighted by Crippen LogP contribution is 2.47. The van der Waals surface area contributed by atoms with Gasteiger partial charge in [0.1, 0.15) is 29.1 Å². The summed E-state index contributed by atoms with van der Waals surface area (Å²) < 4.78 is 33.8. The zero-order valence-corrected chi connectivity index (χ0v) is 40.6. The Morgan fingerprint density at radius 3 is 2.41 bits per heavy atom. The number of thioether (sulfide) groups is 1. The summed E-state index contributed by atoms with van der Waals surface area (Å²) in [6.07, 6.45) is 11.5. The van der Waals surface area contributed by atoms with Crippen LogP contribution in [0.2, 0.25) is 5.02 Å². The average molecular weight is 1000 g/mol. The summed E-state index contributed by atoms with van der Waals surface area (Å²) in [4.78, 5) is 95.5. The standard InChI is InChI=1S/C47H58ClFN6O11S2/c1-52(30-14-10-11-19-53(24-30)40-34(49)23-32-39(37(40)48)54(29-17-18-29)25-33(41(32)58)42(59)60)36(57)16-9-7-5-3-4-6-8-12-20-65-43(61)38-28(26-66-46(50)63)27-68-45-47(64-2,44(62)55(38)45)51-35(56)22-31-15-13-21-67-31/h13,15,21,23,25,29-30,45H,3-12,14,16-20,22,24,26-27H2,1-2H3,(H2,50,63)(H,51,56)(H,59,60)/t30?,45?,47-/m0/s1. The van der Waals surface area contributed by atoms with Crippen LogP contribution < -0.4 is 21.4 Å². The maximum Gasteiger partial charge on any atom is 0.404 e. The van der Waals surface area contributed by atoms with Gasteiger partial charge >= 0.3 is 18.0 Å².